The minimum Gasteiger partial charge on any atom is -0.504 e. The van der Waals surface area contributed by atoms with Crippen molar-refractivity contribution in [2.24, 2.45) is 0 Å². The van der Waals surface area contributed by atoms with Crippen LogP contribution in [-0.4, -0.2) is 16.7 Å². The molecule has 0 saturated carbocycles. The molecule has 2 rings (SSSR count). The molecule has 0 heterocycles. The largest absolute Gasteiger partial charge is 0.504 e. The second kappa shape index (κ2) is 2.83. The van der Waals surface area contributed by atoms with E-state index in [-0.39, 0.29) is 11.6 Å². The van der Waals surface area contributed by atoms with Crippen LogP contribution >= 0.6 is 0 Å². The van der Waals surface area contributed by atoms with Crippen molar-refractivity contribution in [1.29, 1.82) is 0 Å². The second-order valence-electron chi connectivity index (χ2n) is 3.39. The van der Waals surface area contributed by atoms with E-state index in [1.807, 2.05) is 0 Å². The quantitative estimate of drug-likeness (QED) is 0.571. The summed E-state index contributed by atoms with van der Waals surface area (Å²) in [6.45, 7) is 0. The van der Waals surface area contributed by atoms with Crippen molar-refractivity contribution < 1.29 is 14.7 Å². The number of aliphatic hydroxyl groups is 1. The number of hydrogen-bond acceptors (Lipinski definition) is 3. The van der Waals surface area contributed by atoms with Crippen molar-refractivity contribution in [3.8, 4) is 0 Å². The molecule has 0 fully saturated rings. The maximum atomic E-state index is 11.4. The van der Waals surface area contributed by atoms with E-state index in [4.69, 9.17) is 5.11 Å². The molecular weight excluding hydrogens is 168 g/mol. The lowest BCUT2D eigenvalue weighted by atomic mass is 9.83. The summed E-state index contributed by atoms with van der Waals surface area (Å²) in [5.74, 6) is -0.938. The highest BCUT2D eigenvalue weighted by atomic mass is 16.3. The molecule has 0 bridgehead atoms. The zero-order valence-corrected chi connectivity index (χ0v) is 7.17. The van der Waals surface area contributed by atoms with Crippen molar-refractivity contribution >= 4 is 11.6 Å². The van der Waals surface area contributed by atoms with E-state index in [1.54, 1.807) is 0 Å². The maximum Gasteiger partial charge on any atom is 0.223 e. The van der Waals surface area contributed by atoms with Crippen molar-refractivity contribution in [1.82, 2.24) is 0 Å². The lowest BCUT2D eigenvalue weighted by Gasteiger charge is -2.20. The monoisotopic (exact) mass is 178 g/mol. The van der Waals surface area contributed by atoms with Crippen molar-refractivity contribution in [2.45, 2.75) is 25.7 Å². The van der Waals surface area contributed by atoms with Crippen LogP contribution in [0.1, 0.15) is 25.7 Å². The van der Waals surface area contributed by atoms with Crippen LogP contribution in [0.2, 0.25) is 0 Å². The van der Waals surface area contributed by atoms with E-state index in [0.29, 0.717) is 24.0 Å². The van der Waals surface area contributed by atoms with Gasteiger partial charge in [0.25, 0.3) is 0 Å². The standard InChI is InChI=1S/C10H10O3/c11-8-5-9(12)10(13)7-4-2-1-3-6(7)8/h5,12H,1-4H2. The van der Waals surface area contributed by atoms with Crippen LogP contribution in [-0.2, 0) is 9.59 Å². The number of allylic oxidation sites excluding steroid dienone is 3. The Labute approximate surface area is 75.8 Å². The van der Waals surface area contributed by atoms with Crippen LogP contribution in [0.15, 0.2) is 23.0 Å². The predicted molar refractivity (Wildman–Crippen MR) is 46.2 cm³/mol. The summed E-state index contributed by atoms with van der Waals surface area (Å²) in [7, 11) is 0. The smallest absolute Gasteiger partial charge is 0.223 e. The van der Waals surface area contributed by atoms with E-state index in [1.165, 1.54) is 0 Å². The Morgan fingerprint density at radius 2 is 1.69 bits per heavy atom. The summed E-state index contributed by atoms with van der Waals surface area (Å²) >= 11 is 0. The topological polar surface area (TPSA) is 54.4 Å². The van der Waals surface area contributed by atoms with Crippen LogP contribution in [0, 0.1) is 0 Å². The molecule has 0 aromatic carbocycles. The van der Waals surface area contributed by atoms with Crippen LogP contribution in [0.3, 0.4) is 0 Å². The normalized spacial score (nSPS) is 22.9. The van der Waals surface area contributed by atoms with Gasteiger partial charge in [0.2, 0.25) is 5.78 Å². The zero-order chi connectivity index (χ0) is 9.42. The van der Waals surface area contributed by atoms with Gasteiger partial charge in [-0.25, -0.2) is 0 Å². The lowest BCUT2D eigenvalue weighted by molar-refractivity contribution is -0.118. The Hall–Kier alpha value is -1.38. The molecule has 0 aromatic rings. The molecule has 2 aliphatic rings. The summed E-state index contributed by atoms with van der Waals surface area (Å²) in [5.41, 5.74) is 1.16. The summed E-state index contributed by atoms with van der Waals surface area (Å²) in [6.07, 6.45) is 4.26. The van der Waals surface area contributed by atoms with Gasteiger partial charge in [0, 0.05) is 17.2 Å². The molecule has 68 valence electrons. The molecule has 0 amide bonds. The summed E-state index contributed by atoms with van der Waals surface area (Å²) in [6, 6.07) is 0. The van der Waals surface area contributed by atoms with E-state index in [9.17, 15) is 9.59 Å². The Morgan fingerprint density at radius 1 is 1.08 bits per heavy atom. The van der Waals surface area contributed by atoms with E-state index >= 15 is 0 Å². The van der Waals surface area contributed by atoms with Crippen LogP contribution < -0.4 is 0 Å². The van der Waals surface area contributed by atoms with Crippen molar-refractivity contribution in [3.63, 3.8) is 0 Å². The van der Waals surface area contributed by atoms with Gasteiger partial charge in [-0.1, -0.05) is 0 Å². The van der Waals surface area contributed by atoms with Gasteiger partial charge in [0.15, 0.2) is 11.5 Å². The minimum atomic E-state index is -0.398. The van der Waals surface area contributed by atoms with Gasteiger partial charge in [-0.2, -0.15) is 0 Å². The zero-order valence-electron chi connectivity index (χ0n) is 7.17. The van der Waals surface area contributed by atoms with E-state index in [2.05, 4.69) is 0 Å². The Balaban J connectivity index is 2.45. The van der Waals surface area contributed by atoms with Gasteiger partial charge < -0.3 is 5.11 Å². The fourth-order valence-corrected chi connectivity index (χ4v) is 1.86. The minimum absolute atomic E-state index is 0.188. The fraction of sp³-hybridized carbons (Fsp3) is 0.400. The molecule has 2 aliphatic carbocycles. The third-order valence-corrected chi connectivity index (χ3v) is 2.54. The van der Waals surface area contributed by atoms with Gasteiger partial charge >= 0.3 is 0 Å². The van der Waals surface area contributed by atoms with Gasteiger partial charge in [-0.3, -0.25) is 9.59 Å². The van der Waals surface area contributed by atoms with Crippen LogP contribution in [0.4, 0.5) is 0 Å². The van der Waals surface area contributed by atoms with E-state index in [0.717, 1.165) is 18.9 Å². The molecule has 0 unspecified atom stereocenters. The number of hydrogen-bond donors (Lipinski definition) is 1. The predicted octanol–water partition coefficient (Wildman–Crippen LogP) is 1.45. The Bertz CT molecular complexity index is 347. The number of rotatable bonds is 0. The molecule has 0 spiro atoms. The first-order valence-electron chi connectivity index (χ1n) is 4.42. The van der Waals surface area contributed by atoms with Crippen LogP contribution in [0.25, 0.3) is 0 Å². The molecule has 0 radical (unpaired) electrons. The first kappa shape index (κ1) is 8.23. The summed E-state index contributed by atoms with van der Waals surface area (Å²) in [5, 5.41) is 9.14. The Kier molecular flexibility index (Phi) is 1.79. The molecule has 0 atom stereocenters. The van der Waals surface area contributed by atoms with Crippen molar-refractivity contribution in [3.05, 3.63) is 23.0 Å². The van der Waals surface area contributed by atoms with E-state index < -0.39 is 5.76 Å². The molecule has 3 heteroatoms. The highest BCUT2D eigenvalue weighted by molar-refractivity contribution is 6.21. The summed E-state index contributed by atoms with van der Waals surface area (Å²) < 4.78 is 0. The number of carbonyl (C=O) groups is 2. The van der Waals surface area contributed by atoms with Gasteiger partial charge in [0.05, 0.1) is 0 Å². The lowest BCUT2D eigenvalue weighted by Crippen LogP contribution is -2.21. The molecule has 0 saturated heterocycles. The second-order valence-corrected chi connectivity index (χ2v) is 3.39. The van der Waals surface area contributed by atoms with Gasteiger partial charge in [0.1, 0.15) is 0 Å². The maximum absolute atomic E-state index is 11.4. The average Bonchev–Trinajstić information content (AvgIpc) is 2.15. The molecule has 0 aliphatic heterocycles. The molecular formula is C10H10O3. The number of Topliss-reactive ketones (excluding diaryl/α,β-unsaturated/α-hetero) is 1. The van der Waals surface area contributed by atoms with Crippen molar-refractivity contribution in [2.75, 3.05) is 0 Å². The molecule has 1 N–H and O–H groups in total. The molecule has 3 nitrogen and oxygen atoms in total. The fourth-order valence-electron chi connectivity index (χ4n) is 1.86. The third kappa shape index (κ3) is 1.20. The SMILES string of the molecule is O=C1C=C(O)C(=O)C2=C1CCCC2. The summed E-state index contributed by atoms with van der Waals surface area (Å²) in [4.78, 5) is 22.7. The number of aliphatic hydroxyl groups excluding tert-OH is 1. The first-order valence-corrected chi connectivity index (χ1v) is 4.42. The van der Waals surface area contributed by atoms with Gasteiger partial charge in [-0.15, -0.1) is 0 Å². The molecule has 13 heavy (non-hydrogen) atoms. The highest BCUT2D eigenvalue weighted by Crippen LogP contribution is 2.30. The first-order chi connectivity index (χ1) is 6.20. The molecule has 0 aromatic heterocycles. The highest BCUT2D eigenvalue weighted by Gasteiger charge is 2.29. The average molecular weight is 178 g/mol. The Morgan fingerprint density at radius 3 is 2.38 bits per heavy atom. The number of carbonyl (C=O) groups excluding carboxylic acids is 2. The third-order valence-electron chi connectivity index (χ3n) is 2.54. The number of ketones is 2. The van der Waals surface area contributed by atoms with Gasteiger partial charge in [-0.05, 0) is 25.7 Å². The van der Waals surface area contributed by atoms with Crippen LogP contribution in [0.5, 0.6) is 0 Å².